The van der Waals surface area contributed by atoms with Gasteiger partial charge in [-0.15, -0.1) is 0 Å². The Morgan fingerprint density at radius 1 is 1.50 bits per heavy atom. The van der Waals surface area contributed by atoms with Gasteiger partial charge < -0.3 is 10.5 Å². The Bertz CT molecular complexity index is 324. The summed E-state index contributed by atoms with van der Waals surface area (Å²) in [6.07, 6.45) is 9.15. The molecule has 16 heavy (non-hydrogen) atoms. The van der Waals surface area contributed by atoms with Crippen LogP contribution < -0.4 is 5.73 Å². The standard InChI is InChI=1S/C12H21N3O/c1-15-8-10(7-14-15)9-16-12-5-3-2-4-11(12)6-13/h7-8,11-12H,2-6,9,13H2,1H3. The van der Waals surface area contributed by atoms with Crippen molar-refractivity contribution >= 4 is 0 Å². The molecule has 2 rings (SSSR count). The molecule has 4 heteroatoms. The maximum absolute atomic E-state index is 5.95. The Morgan fingerprint density at radius 2 is 2.31 bits per heavy atom. The third kappa shape index (κ3) is 2.83. The minimum absolute atomic E-state index is 0.346. The highest BCUT2D eigenvalue weighted by Gasteiger charge is 2.24. The van der Waals surface area contributed by atoms with Crippen molar-refractivity contribution in [3.63, 3.8) is 0 Å². The van der Waals surface area contributed by atoms with E-state index in [0.717, 1.165) is 18.5 Å². The number of nitrogens with two attached hydrogens (primary N) is 1. The number of hydrogen-bond acceptors (Lipinski definition) is 3. The van der Waals surface area contributed by atoms with Crippen LogP contribution in [0, 0.1) is 5.92 Å². The van der Waals surface area contributed by atoms with E-state index in [-0.39, 0.29) is 0 Å². The molecular formula is C12H21N3O. The van der Waals surface area contributed by atoms with E-state index >= 15 is 0 Å². The van der Waals surface area contributed by atoms with Gasteiger partial charge in [0.05, 0.1) is 18.9 Å². The molecule has 1 aliphatic rings. The number of aryl methyl sites for hydroxylation is 1. The molecule has 0 spiro atoms. The van der Waals surface area contributed by atoms with Crippen LogP contribution in [-0.4, -0.2) is 22.4 Å². The molecule has 0 radical (unpaired) electrons. The molecule has 1 fully saturated rings. The summed E-state index contributed by atoms with van der Waals surface area (Å²) in [6.45, 7) is 1.41. The van der Waals surface area contributed by atoms with E-state index in [1.54, 1.807) is 4.68 Å². The van der Waals surface area contributed by atoms with Gasteiger partial charge in [0.15, 0.2) is 0 Å². The van der Waals surface area contributed by atoms with Gasteiger partial charge in [-0.25, -0.2) is 0 Å². The summed E-state index contributed by atoms with van der Waals surface area (Å²) in [5, 5.41) is 4.13. The van der Waals surface area contributed by atoms with Crippen molar-refractivity contribution in [2.75, 3.05) is 6.54 Å². The van der Waals surface area contributed by atoms with Crippen molar-refractivity contribution in [2.24, 2.45) is 18.7 Å². The fraction of sp³-hybridized carbons (Fsp3) is 0.750. The quantitative estimate of drug-likeness (QED) is 0.840. The van der Waals surface area contributed by atoms with Crippen LogP contribution >= 0.6 is 0 Å². The van der Waals surface area contributed by atoms with Crippen LogP contribution in [0.3, 0.4) is 0 Å². The average molecular weight is 223 g/mol. The van der Waals surface area contributed by atoms with Crippen LogP contribution in [-0.2, 0) is 18.4 Å². The Morgan fingerprint density at radius 3 is 3.00 bits per heavy atom. The first-order valence-corrected chi connectivity index (χ1v) is 6.09. The number of aromatic nitrogens is 2. The Balaban J connectivity index is 1.84. The van der Waals surface area contributed by atoms with E-state index in [1.807, 2.05) is 19.4 Å². The molecule has 1 saturated carbocycles. The molecule has 0 aliphatic heterocycles. The summed E-state index contributed by atoms with van der Waals surface area (Å²) < 4.78 is 7.76. The minimum atomic E-state index is 0.346. The van der Waals surface area contributed by atoms with Crippen molar-refractivity contribution in [1.82, 2.24) is 9.78 Å². The average Bonchev–Trinajstić information content (AvgIpc) is 2.73. The van der Waals surface area contributed by atoms with E-state index in [1.165, 1.54) is 19.3 Å². The van der Waals surface area contributed by atoms with Gasteiger partial charge in [0.25, 0.3) is 0 Å². The summed E-state index contributed by atoms with van der Waals surface area (Å²) in [7, 11) is 1.92. The third-order valence-corrected chi connectivity index (χ3v) is 3.36. The molecule has 1 aromatic heterocycles. The fourth-order valence-electron chi connectivity index (χ4n) is 2.41. The molecule has 1 aliphatic carbocycles. The molecule has 0 aromatic carbocycles. The predicted molar refractivity (Wildman–Crippen MR) is 62.8 cm³/mol. The first-order valence-electron chi connectivity index (χ1n) is 6.09. The first kappa shape index (κ1) is 11.6. The smallest absolute Gasteiger partial charge is 0.0751 e. The molecule has 0 bridgehead atoms. The van der Waals surface area contributed by atoms with Crippen LogP contribution in [0.15, 0.2) is 12.4 Å². The second kappa shape index (κ2) is 5.46. The zero-order chi connectivity index (χ0) is 11.4. The van der Waals surface area contributed by atoms with E-state index in [4.69, 9.17) is 10.5 Å². The lowest BCUT2D eigenvalue weighted by Gasteiger charge is -2.30. The third-order valence-electron chi connectivity index (χ3n) is 3.36. The molecule has 2 unspecified atom stereocenters. The van der Waals surface area contributed by atoms with E-state index in [2.05, 4.69) is 5.10 Å². The van der Waals surface area contributed by atoms with Gasteiger partial charge >= 0.3 is 0 Å². The van der Waals surface area contributed by atoms with Gasteiger partial charge in [0.2, 0.25) is 0 Å². The zero-order valence-corrected chi connectivity index (χ0v) is 9.93. The molecule has 0 saturated heterocycles. The molecule has 4 nitrogen and oxygen atoms in total. The van der Waals surface area contributed by atoms with E-state index in [9.17, 15) is 0 Å². The normalized spacial score (nSPS) is 25.9. The fourth-order valence-corrected chi connectivity index (χ4v) is 2.41. The lowest BCUT2D eigenvalue weighted by molar-refractivity contribution is -0.0183. The van der Waals surface area contributed by atoms with Gasteiger partial charge in [-0.2, -0.15) is 5.10 Å². The Kier molecular flexibility index (Phi) is 3.96. The van der Waals surface area contributed by atoms with Gasteiger partial charge in [0, 0.05) is 18.8 Å². The Hall–Kier alpha value is -0.870. The molecular weight excluding hydrogens is 202 g/mol. The number of rotatable bonds is 4. The summed E-state index contributed by atoms with van der Waals surface area (Å²) in [4.78, 5) is 0. The highest BCUT2D eigenvalue weighted by molar-refractivity contribution is 5.01. The molecule has 1 heterocycles. The molecule has 90 valence electrons. The van der Waals surface area contributed by atoms with Crippen molar-refractivity contribution in [1.29, 1.82) is 0 Å². The maximum atomic E-state index is 5.95. The van der Waals surface area contributed by atoms with Gasteiger partial charge in [-0.1, -0.05) is 12.8 Å². The molecule has 2 atom stereocenters. The second-order valence-corrected chi connectivity index (χ2v) is 4.65. The molecule has 1 aromatic rings. The maximum Gasteiger partial charge on any atom is 0.0751 e. The van der Waals surface area contributed by atoms with E-state index < -0.39 is 0 Å². The lowest BCUT2D eigenvalue weighted by Crippen LogP contribution is -2.33. The number of hydrogen-bond donors (Lipinski definition) is 1. The van der Waals surface area contributed by atoms with Crippen LogP contribution in [0.25, 0.3) is 0 Å². The van der Waals surface area contributed by atoms with Gasteiger partial charge in [-0.3, -0.25) is 4.68 Å². The van der Waals surface area contributed by atoms with Gasteiger partial charge in [0.1, 0.15) is 0 Å². The highest BCUT2D eigenvalue weighted by atomic mass is 16.5. The topological polar surface area (TPSA) is 53.1 Å². The SMILES string of the molecule is Cn1cc(COC2CCCCC2CN)cn1. The van der Waals surface area contributed by atoms with Crippen LogP contribution in [0.2, 0.25) is 0 Å². The van der Waals surface area contributed by atoms with Crippen molar-refractivity contribution in [3.8, 4) is 0 Å². The van der Waals surface area contributed by atoms with Crippen LogP contribution in [0.5, 0.6) is 0 Å². The minimum Gasteiger partial charge on any atom is -0.373 e. The summed E-state index contributed by atoms with van der Waals surface area (Å²) in [5.74, 6) is 0.547. The number of ether oxygens (including phenoxy) is 1. The zero-order valence-electron chi connectivity index (χ0n) is 9.93. The second-order valence-electron chi connectivity index (χ2n) is 4.65. The molecule has 0 amide bonds. The number of nitrogens with zero attached hydrogens (tertiary/aromatic N) is 2. The van der Waals surface area contributed by atoms with E-state index in [0.29, 0.717) is 18.6 Å². The lowest BCUT2D eigenvalue weighted by atomic mass is 9.86. The Labute approximate surface area is 96.8 Å². The van der Waals surface area contributed by atoms with Crippen LogP contribution in [0.1, 0.15) is 31.2 Å². The summed E-state index contributed by atoms with van der Waals surface area (Å²) in [5.41, 5.74) is 6.91. The highest BCUT2D eigenvalue weighted by Crippen LogP contribution is 2.26. The summed E-state index contributed by atoms with van der Waals surface area (Å²) >= 11 is 0. The van der Waals surface area contributed by atoms with Crippen molar-refractivity contribution in [2.45, 2.75) is 38.4 Å². The largest absolute Gasteiger partial charge is 0.373 e. The van der Waals surface area contributed by atoms with Crippen molar-refractivity contribution < 1.29 is 4.74 Å². The monoisotopic (exact) mass is 223 g/mol. The van der Waals surface area contributed by atoms with Crippen LogP contribution in [0.4, 0.5) is 0 Å². The molecule has 2 N–H and O–H groups in total. The van der Waals surface area contributed by atoms with Gasteiger partial charge in [-0.05, 0) is 25.3 Å². The van der Waals surface area contributed by atoms with Crippen molar-refractivity contribution in [3.05, 3.63) is 18.0 Å². The summed E-state index contributed by atoms with van der Waals surface area (Å²) in [6, 6.07) is 0. The predicted octanol–water partition coefficient (Wildman–Crippen LogP) is 1.45. The first-order chi connectivity index (χ1) is 7.79.